The average Bonchev–Trinajstić information content (AvgIpc) is 2.92. The molecule has 1 aliphatic heterocycles. The fraction of sp³-hybridized carbons (Fsp3) is 0.310. The summed E-state index contributed by atoms with van der Waals surface area (Å²) in [6.07, 6.45) is 1.90. The predicted molar refractivity (Wildman–Crippen MR) is 141 cm³/mol. The highest BCUT2D eigenvalue weighted by atomic mass is 16.5. The summed E-state index contributed by atoms with van der Waals surface area (Å²) in [7, 11) is 1.60. The molecule has 0 aliphatic carbocycles. The maximum absolute atomic E-state index is 12.9. The van der Waals surface area contributed by atoms with Gasteiger partial charge in [-0.1, -0.05) is 36.4 Å². The number of anilines is 1. The van der Waals surface area contributed by atoms with Gasteiger partial charge in [0.05, 0.1) is 13.7 Å². The van der Waals surface area contributed by atoms with E-state index in [1.165, 1.54) is 0 Å². The lowest BCUT2D eigenvalue weighted by Gasteiger charge is -2.33. The van der Waals surface area contributed by atoms with Crippen molar-refractivity contribution < 1.29 is 19.1 Å². The second kappa shape index (κ2) is 12.1. The van der Waals surface area contributed by atoms with Gasteiger partial charge in [-0.2, -0.15) is 0 Å². The third-order valence-electron chi connectivity index (χ3n) is 6.33. The molecule has 1 heterocycles. The summed E-state index contributed by atoms with van der Waals surface area (Å²) in [5.41, 5.74) is 3.39. The minimum absolute atomic E-state index is 0.0919. The van der Waals surface area contributed by atoms with E-state index in [0.29, 0.717) is 36.8 Å². The molecule has 36 heavy (non-hydrogen) atoms. The normalized spacial score (nSPS) is 15.2. The Balaban J connectivity index is 1.38. The van der Waals surface area contributed by atoms with E-state index >= 15 is 0 Å². The molecule has 1 fully saturated rings. The molecule has 0 spiro atoms. The largest absolute Gasteiger partial charge is 0.493 e. The molecule has 1 aliphatic rings. The smallest absolute Gasteiger partial charge is 0.321 e. The number of hydrogen-bond donors (Lipinski definition) is 2. The van der Waals surface area contributed by atoms with E-state index in [2.05, 4.69) is 10.6 Å². The highest BCUT2D eigenvalue weighted by Gasteiger charge is 2.25. The zero-order valence-corrected chi connectivity index (χ0v) is 20.8. The molecule has 1 atom stereocenters. The van der Waals surface area contributed by atoms with Crippen LogP contribution in [0.5, 0.6) is 11.5 Å². The molecular formula is C29H33N3O4. The molecule has 188 valence electrons. The number of rotatable bonds is 8. The first-order chi connectivity index (χ1) is 17.6. The van der Waals surface area contributed by atoms with Crippen molar-refractivity contribution in [3.63, 3.8) is 0 Å². The van der Waals surface area contributed by atoms with Crippen LogP contribution in [0.3, 0.4) is 0 Å². The Labute approximate surface area is 212 Å². The van der Waals surface area contributed by atoms with Gasteiger partial charge in [0.2, 0.25) is 0 Å². The molecule has 0 unspecified atom stereocenters. The van der Waals surface area contributed by atoms with Crippen molar-refractivity contribution in [1.29, 1.82) is 0 Å². The van der Waals surface area contributed by atoms with E-state index in [1.54, 1.807) is 7.11 Å². The maximum atomic E-state index is 12.9. The predicted octanol–water partition coefficient (Wildman–Crippen LogP) is 5.44. The number of nitrogens with one attached hydrogen (secondary N) is 2. The van der Waals surface area contributed by atoms with Crippen LogP contribution in [0.15, 0.2) is 72.8 Å². The minimum atomic E-state index is -0.139. The quantitative estimate of drug-likeness (QED) is 0.444. The van der Waals surface area contributed by atoms with Crippen LogP contribution in [0.1, 0.15) is 47.2 Å². The van der Waals surface area contributed by atoms with E-state index in [9.17, 15) is 9.59 Å². The number of nitrogens with zero attached hydrogens (tertiary/aromatic N) is 1. The number of urea groups is 1. The number of carbonyl (C=O) groups is 2. The summed E-state index contributed by atoms with van der Waals surface area (Å²) in [5, 5.41) is 5.97. The van der Waals surface area contributed by atoms with Crippen LogP contribution in [0.4, 0.5) is 10.5 Å². The van der Waals surface area contributed by atoms with E-state index in [1.807, 2.05) is 84.6 Å². The molecule has 0 aromatic heterocycles. The summed E-state index contributed by atoms with van der Waals surface area (Å²) >= 11 is 0. The first-order valence-electron chi connectivity index (χ1n) is 12.4. The number of amides is 3. The highest BCUT2D eigenvalue weighted by Crippen LogP contribution is 2.29. The van der Waals surface area contributed by atoms with Crippen LogP contribution in [0, 0.1) is 0 Å². The average molecular weight is 488 g/mol. The molecule has 0 bridgehead atoms. The molecule has 3 amide bonds. The molecule has 2 N–H and O–H groups in total. The van der Waals surface area contributed by atoms with Crippen molar-refractivity contribution in [2.75, 3.05) is 32.1 Å². The van der Waals surface area contributed by atoms with Gasteiger partial charge in [0.25, 0.3) is 5.91 Å². The van der Waals surface area contributed by atoms with Gasteiger partial charge in [0.15, 0.2) is 11.5 Å². The van der Waals surface area contributed by atoms with E-state index < -0.39 is 0 Å². The number of carbonyl (C=O) groups excluding carboxylic acids is 2. The fourth-order valence-corrected chi connectivity index (χ4v) is 4.48. The lowest BCUT2D eigenvalue weighted by molar-refractivity contribution is 0.0950. The third kappa shape index (κ3) is 6.36. The molecule has 1 saturated heterocycles. The molecule has 0 saturated carbocycles. The van der Waals surface area contributed by atoms with Crippen LogP contribution in [0.2, 0.25) is 0 Å². The Morgan fingerprint density at radius 2 is 1.83 bits per heavy atom. The van der Waals surface area contributed by atoms with Gasteiger partial charge in [-0.05, 0) is 67.3 Å². The number of likely N-dealkylation sites (tertiary alicyclic amines) is 1. The Hall–Kier alpha value is -4.00. The lowest BCUT2D eigenvalue weighted by Crippen LogP contribution is -2.41. The molecule has 4 rings (SSSR count). The lowest BCUT2D eigenvalue weighted by atomic mass is 9.89. The number of para-hydroxylation sites is 1. The molecule has 3 aromatic rings. The van der Waals surface area contributed by atoms with Crippen LogP contribution >= 0.6 is 0 Å². The van der Waals surface area contributed by atoms with E-state index in [0.717, 1.165) is 36.2 Å². The third-order valence-corrected chi connectivity index (χ3v) is 6.33. The fourth-order valence-electron chi connectivity index (χ4n) is 4.48. The van der Waals surface area contributed by atoms with Gasteiger partial charge in [-0.3, -0.25) is 4.79 Å². The van der Waals surface area contributed by atoms with Gasteiger partial charge >= 0.3 is 6.03 Å². The van der Waals surface area contributed by atoms with Crippen molar-refractivity contribution in [2.45, 2.75) is 32.2 Å². The SMILES string of the molecule is CCOc1cc(CNC(=O)c2cccc([C@@H]3CCCN(C(=O)Nc4ccccc4)C3)c2)ccc1OC. The zero-order valence-electron chi connectivity index (χ0n) is 20.8. The minimum Gasteiger partial charge on any atom is -0.493 e. The number of piperidine rings is 1. The van der Waals surface area contributed by atoms with E-state index in [4.69, 9.17) is 9.47 Å². The van der Waals surface area contributed by atoms with Crippen LogP contribution in [0.25, 0.3) is 0 Å². The molecule has 3 aromatic carbocycles. The second-order valence-corrected chi connectivity index (χ2v) is 8.81. The molecular weight excluding hydrogens is 454 g/mol. The number of ether oxygens (including phenoxy) is 2. The Morgan fingerprint density at radius 3 is 2.61 bits per heavy atom. The summed E-state index contributed by atoms with van der Waals surface area (Å²) in [4.78, 5) is 27.6. The van der Waals surface area contributed by atoms with Crippen molar-refractivity contribution in [1.82, 2.24) is 10.2 Å². The first-order valence-corrected chi connectivity index (χ1v) is 12.4. The number of hydrogen-bond acceptors (Lipinski definition) is 4. The van der Waals surface area contributed by atoms with Crippen molar-refractivity contribution in [2.24, 2.45) is 0 Å². The van der Waals surface area contributed by atoms with Gasteiger partial charge in [0, 0.05) is 36.8 Å². The monoisotopic (exact) mass is 487 g/mol. The summed E-state index contributed by atoms with van der Waals surface area (Å²) < 4.78 is 11.0. The van der Waals surface area contributed by atoms with Gasteiger partial charge in [-0.25, -0.2) is 4.79 Å². The van der Waals surface area contributed by atoms with Crippen LogP contribution in [-0.2, 0) is 6.54 Å². The summed E-state index contributed by atoms with van der Waals surface area (Å²) in [6, 6.07) is 22.7. The number of methoxy groups -OCH3 is 1. The van der Waals surface area contributed by atoms with Crippen LogP contribution in [-0.4, -0.2) is 43.6 Å². The summed E-state index contributed by atoms with van der Waals surface area (Å²) in [5.74, 6) is 1.37. The maximum Gasteiger partial charge on any atom is 0.321 e. The van der Waals surface area contributed by atoms with Gasteiger partial charge in [0.1, 0.15) is 0 Å². The van der Waals surface area contributed by atoms with Crippen molar-refractivity contribution >= 4 is 17.6 Å². The van der Waals surface area contributed by atoms with Gasteiger partial charge in [-0.15, -0.1) is 0 Å². The van der Waals surface area contributed by atoms with E-state index in [-0.39, 0.29) is 17.9 Å². The standard InChI is InChI=1S/C29H33N3O4/c1-3-36-27-17-21(14-15-26(27)35-2)19-30-28(33)23-10-7-9-22(18-23)24-11-8-16-32(20-24)29(34)31-25-12-5-4-6-13-25/h4-7,9-10,12-15,17-18,24H,3,8,11,16,19-20H2,1-2H3,(H,30,33)(H,31,34)/t24-/m1/s1. The van der Waals surface area contributed by atoms with Crippen molar-refractivity contribution in [3.05, 3.63) is 89.5 Å². The summed E-state index contributed by atoms with van der Waals surface area (Å²) in [6.45, 7) is 4.17. The van der Waals surface area contributed by atoms with Crippen molar-refractivity contribution in [3.8, 4) is 11.5 Å². The first kappa shape index (κ1) is 25.1. The Bertz CT molecular complexity index is 1180. The molecule has 7 heteroatoms. The number of benzene rings is 3. The second-order valence-electron chi connectivity index (χ2n) is 8.81. The molecule has 0 radical (unpaired) electrons. The van der Waals surface area contributed by atoms with Crippen LogP contribution < -0.4 is 20.1 Å². The highest BCUT2D eigenvalue weighted by molar-refractivity contribution is 5.94. The Morgan fingerprint density at radius 1 is 1.00 bits per heavy atom. The topological polar surface area (TPSA) is 79.9 Å². The zero-order chi connectivity index (χ0) is 25.3. The van der Waals surface area contributed by atoms with Gasteiger partial charge < -0.3 is 25.0 Å². The Kier molecular flexibility index (Phi) is 8.44. The molecule has 7 nitrogen and oxygen atoms in total.